The van der Waals surface area contributed by atoms with Gasteiger partial charge in [0.1, 0.15) is 17.8 Å². The predicted octanol–water partition coefficient (Wildman–Crippen LogP) is 6.05. The van der Waals surface area contributed by atoms with Crippen LogP contribution in [0.1, 0.15) is 80.6 Å². The summed E-state index contributed by atoms with van der Waals surface area (Å²) in [6.07, 6.45) is 7.78. The second kappa shape index (κ2) is 17.2. The van der Waals surface area contributed by atoms with Gasteiger partial charge in [0.2, 0.25) is 5.91 Å². The molecule has 3 aliphatic heterocycles. The van der Waals surface area contributed by atoms with E-state index >= 15 is 0 Å². The lowest BCUT2D eigenvalue weighted by Crippen LogP contribution is -2.49. The highest BCUT2D eigenvalue weighted by Gasteiger charge is 2.28. The Balaban J connectivity index is 0.768. The number of aromatic amines is 1. The van der Waals surface area contributed by atoms with Crippen molar-refractivity contribution in [1.29, 1.82) is 0 Å². The number of aromatic nitrogens is 7. The maximum atomic E-state index is 12.9. The van der Waals surface area contributed by atoms with Gasteiger partial charge in [-0.3, -0.25) is 29.7 Å². The zero-order valence-corrected chi connectivity index (χ0v) is 36.4. The van der Waals surface area contributed by atoms with Crippen LogP contribution in [0.3, 0.4) is 0 Å². The third-order valence-corrected chi connectivity index (χ3v) is 12.4. The Labute approximate surface area is 365 Å². The minimum absolute atomic E-state index is 0.0519. The molecule has 0 saturated carbocycles. The van der Waals surface area contributed by atoms with E-state index in [1.165, 1.54) is 0 Å². The Morgan fingerprint density at radius 2 is 1.67 bits per heavy atom. The molecule has 326 valence electrons. The first kappa shape index (κ1) is 41.6. The molecule has 3 fully saturated rings. The first-order chi connectivity index (χ1) is 30.4. The molecule has 3 aliphatic rings. The van der Waals surface area contributed by atoms with E-state index in [9.17, 15) is 14.4 Å². The highest BCUT2D eigenvalue weighted by Crippen LogP contribution is 2.33. The Morgan fingerprint density at radius 3 is 2.35 bits per heavy atom. The number of aryl methyl sites for hydroxylation is 1. The zero-order chi connectivity index (χ0) is 43.8. The summed E-state index contributed by atoms with van der Waals surface area (Å²) in [7, 11) is 0. The van der Waals surface area contributed by atoms with E-state index in [0.717, 1.165) is 115 Å². The quantitative estimate of drug-likeness (QED) is 0.144. The fraction of sp³-hybridized carbons (Fsp3) is 0.413. The zero-order valence-electron chi connectivity index (χ0n) is 36.4. The fourth-order valence-electron chi connectivity index (χ4n) is 8.74. The minimum atomic E-state index is -0.413. The first-order valence-corrected chi connectivity index (χ1v) is 21.7. The number of piperazine rings is 1. The SMILES string of the molecule is Cc1cc(-c2ncnc3[nH]c(-c4ccc(N5CCN(CC6CCN(c7ccc(N8CCC(=O)NC8=O)cn7)CC6)CC5)cn4)cc23)ccc1C(C)NC(=O)c1nc(C(C)(C)C)no1. The second-order valence-corrected chi connectivity index (χ2v) is 17.9. The maximum absolute atomic E-state index is 12.9. The minimum Gasteiger partial charge on any atom is -0.368 e. The molecule has 0 bridgehead atoms. The third-order valence-electron chi connectivity index (χ3n) is 12.4. The number of hydrogen-bond acceptors (Lipinski definition) is 13. The largest absolute Gasteiger partial charge is 0.368 e. The molecule has 0 aliphatic carbocycles. The number of carbonyl (C=O) groups is 3. The van der Waals surface area contributed by atoms with Crippen molar-refractivity contribution in [2.45, 2.75) is 65.3 Å². The highest BCUT2D eigenvalue weighted by molar-refractivity contribution is 6.05. The van der Waals surface area contributed by atoms with Crippen LogP contribution >= 0.6 is 0 Å². The Hall–Kier alpha value is -6.75. The average molecular weight is 852 g/mol. The number of fused-ring (bicyclic) bond motifs is 1. The number of urea groups is 1. The molecule has 9 rings (SSSR count). The molecule has 8 heterocycles. The first-order valence-electron chi connectivity index (χ1n) is 21.7. The lowest BCUT2D eigenvalue weighted by atomic mass is 9.96. The summed E-state index contributed by atoms with van der Waals surface area (Å²) in [5.41, 5.74) is 7.65. The Morgan fingerprint density at radius 1 is 0.889 bits per heavy atom. The van der Waals surface area contributed by atoms with Gasteiger partial charge in [0, 0.05) is 75.1 Å². The van der Waals surface area contributed by atoms with Crippen molar-refractivity contribution in [2.75, 3.05) is 67.1 Å². The summed E-state index contributed by atoms with van der Waals surface area (Å²) >= 11 is 0. The number of imide groups is 1. The molecule has 1 aromatic carbocycles. The number of pyridine rings is 2. The van der Waals surface area contributed by atoms with Crippen molar-refractivity contribution in [1.82, 2.24) is 50.6 Å². The fourth-order valence-corrected chi connectivity index (χ4v) is 8.74. The molecule has 5 aromatic heterocycles. The molecule has 6 aromatic rings. The molecular weight excluding hydrogens is 799 g/mol. The van der Waals surface area contributed by atoms with Gasteiger partial charge in [-0.15, -0.1) is 0 Å². The van der Waals surface area contributed by atoms with E-state index in [1.54, 1.807) is 17.4 Å². The summed E-state index contributed by atoms with van der Waals surface area (Å²) in [5.74, 6) is 1.34. The van der Waals surface area contributed by atoms with Gasteiger partial charge in [0.15, 0.2) is 5.82 Å². The number of anilines is 3. The molecule has 63 heavy (non-hydrogen) atoms. The molecule has 3 saturated heterocycles. The number of H-pyrrole nitrogens is 1. The highest BCUT2D eigenvalue weighted by atomic mass is 16.5. The summed E-state index contributed by atoms with van der Waals surface area (Å²) in [4.78, 5) is 72.1. The van der Waals surface area contributed by atoms with Crippen LogP contribution < -0.4 is 25.3 Å². The normalized spacial score (nSPS) is 17.3. The van der Waals surface area contributed by atoms with E-state index < -0.39 is 11.9 Å². The van der Waals surface area contributed by atoms with Gasteiger partial charge in [-0.25, -0.2) is 19.7 Å². The molecule has 17 heteroatoms. The van der Waals surface area contributed by atoms with Gasteiger partial charge in [0.05, 0.1) is 46.9 Å². The van der Waals surface area contributed by atoms with E-state index in [4.69, 9.17) is 9.51 Å². The number of rotatable bonds is 10. The van der Waals surface area contributed by atoms with Gasteiger partial charge in [-0.1, -0.05) is 38.1 Å². The maximum Gasteiger partial charge on any atom is 0.328 e. The molecular formula is C46H53N13O4. The molecule has 4 amide bonds. The number of benzene rings is 1. The van der Waals surface area contributed by atoms with Crippen LogP contribution in [0.2, 0.25) is 0 Å². The van der Waals surface area contributed by atoms with Crippen LogP contribution in [-0.4, -0.2) is 110 Å². The van der Waals surface area contributed by atoms with Gasteiger partial charge in [0.25, 0.3) is 0 Å². The van der Waals surface area contributed by atoms with Crippen molar-refractivity contribution < 1.29 is 18.9 Å². The third kappa shape index (κ3) is 8.96. The van der Waals surface area contributed by atoms with Crippen LogP contribution in [0.15, 0.2) is 71.8 Å². The summed E-state index contributed by atoms with van der Waals surface area (Å²) in [6.45, 7) is 17.2. The molecule has 17 nitrogen and oxygen atoms in total. The van der Waals surface area contributed by atoms with Gasteiger partial charge in [-0.2, -0.15) is 4.98 Å². The topological polar surface area (TPSA) is 194 Å². The number of hydrogen-bond donors (Lipinski definition) is 3. The number of nitrogens with one attached hydrogen (secondary N) is 3. The van der Waals surface area contributed by atoms with E-state index in [0.29, 0.717) is 30.4 Å². The molecule has 0 radical (unpaired) electrons. The predicted molar refractivity (Wildman–Crippen MR) is 240 cm³/mol. The summed E-state index contributed by atoms with van der Waals surface area (Å²) < 4.78 is 5.25. The number of nitrogens with zero attached hydrogens (tertiary/aromatic N) is 10. The lowest BCUT2D eigenvalue weighted by molar-refractivity contribution is -0.120. The Bertz CT molecular complexity index is 2620. The standard InChI is InChI=1S/C46H53N13O4/c1-28-22-31(6-9-34(28)29(2)51-42(61)43-54-44(55-63-43)46(3,4)5)40-35-23-37(52-41(35)50-27-49-40)36-10-7-32(24-47-36)57-20-18-56(19-21-57)26-30-12-15-58(16-13-30)38-11-8-33(25-48-38)59-17-14-39(60)53-45(59)62/h6-11,22-25,27,29-30H,12-21,26H2,1-5H3,(H,51,61)(H,49,50,52)(H,53,60,62). The van der Waals surface area contributed by atoms with Crippen molar-refractivity contribution in [2.24, 2.45) is 5.92 Å². The van der Waals surface area contributed by atoms with Crippen LogP contribution in [0.25, 0.3) is 33.7 Å². The monoisotopic (exact) mass is 851 g/mol. The van der Waals surface area contributed by atoms with Crippen molar-refractivity contribution >= 4 is 46.1 Å². The average Bonchev–Trinajstić information content (AvgIpc) is 3.97. The second-order valence-electron chi connectivity index (χ2n) is 17.9. The Kier molecular flexibility index (Phi) is 11.4. The van der Waals surface area contributed by atoms with E-state index in [1.807, 2.05) is 65.1 Å². The summed E-state index contributed by atoms with van der Waals surface area (Å²) in [6, 6.07) is 15.6. The smallest absolute Gasteiger partial charge is 0.328 e. The van der Waals surface area contributed by atoms with E-state index in [2.05, 4.69) is 79.7 Å². The number of piperidine rings is 1. The van der Waals surface area contributed by atoms with Gasteiger partial charge >= 0.3 is 17.8 Å². The van der Waals surface area contributed by atoms with Crippen LogP contribution in [-0.2, 0) is 10.2 Å². The number of carbonyl (C=O) groups excluding carboxylic acids is 3. The van der Waals surface area contributed by atoms with Crippen molar-refractivity contribution in [3.63, 3.8) is 0 Å². The number of amides is 4. The van der Waals surface area contributed by atoms with Gasteiger partial charge < -0.3 is 24.6 Å². The van der Waals surface area contributed by atoms with Crippen LogP contribution in [0.5, 0.6) is 0 Å². The van der Waals surface area contributed by atoms with Crippen LogP contribution in [0.4, 0.5) is 22.0 Å². The summed E-state index contributed by atoms with van der Waals surface area (Å²) in [5, 5.41) is 10.2. The lowest BCUT2D eigenvalue weighted by Gasteiger charge is -2.39. The molecule has 1 unspecified atom stereocenters. The molecule has 0 spiro atoms. The van der Waals surface area contributed by atoms with E-state index in [-0.39, 0.29) is 23.3 Å². The van der Waals surface area contributed by atoms with Gasteiger partial charge in [-0.05, 0) is 80.1 Å². The molecule has 3 N–H and O–H groups in total. The van der Waals surface area contributed by atoms with Crippen molar-refractivity contribution in [3.05, 3.63) is 90.1 Å². The van der Waals surface area contributed by atoms with Crippen LogP contribution in [0, 0.1) is 12.8 Å². The van der Waals surface area contributed by atoms with Crippen molar-refractivity contribution in [3.8, 4) is 22.6 Å². The molecule has 1 atom stereocenters.